The minimum atomic E-state index is -0.468. The van der Waals surface area contributed by atoms with Crippen molar-refractivity contribution >= 4 is 6.09 Å². The molecule has 0 bridgehead atoms. The van der Waals surface area contributed by atoms with Crippen LogP contribution in [-0.2, 0) is 9.47 Å². The van der Waals surface area contributed by atoms with Crippen molar-refractivity contribution < 1.29 is 14.3 Å². The molecule has 2 unspecified atom stereocenters. The molecule has 17 heavy (non-hydrogen) atoms. The highest BCUT2D eigenvalue weighted by atomic mass is 16.6. The maximum atomic E-state index is 12.2. The summed E-state index contributed by atoms with van der Waals surface area (Å²) in [5, 5.41) is 0. The lowest BCUT2D eigenvalue weighted by Crippen LogP contribution is -2.58. The third-order valence-electron chi connectivity index (χ3n) is 3.48. The number of hydrogen-bond donors (Lipinski definition) is 1. The van der Waals surface area contributed by atoms with Crippen LogP contribution in [0.3, 0.4) is 0 Å². The summed E-state index contributed by atoms with van der Waals surface area (Å²) in [7, 11) is 0. The Morgan fingerprint density at radius 1 is 1.53 bits per heavy atom. The molecule has 2 N–H and O–H groups in total. The maximum Gasteiger partial charge on any atom is 0.410 e. The number of carbonyl (C=O) groups excluding carboxylic acids is 1. The average Bonchev–Trinajstić information content (AvgIpc) is 2.74. The number of nitrogens with zero attached hydrogens (tertiary/aromatic N) is 1. The van der Waals surface area contributed by atoms with Gasteiger partial charge in [-0.25, -0.2) is 4.79 Å². The van der Waals surface area contributed by atoms with Gasteiger partial charge in [0.25, 0.3) is 0 Å². The minimum Gasteiger partial charge on any atom is -0.444 e. The van der Waals surface area contributed by atoms with E-state index in [9.17, 15) is 4.79 Å². The fourth-order valence-corrected chi connectivity index (χ4v) is 2.65. The van der Waals surface area contributed by atoms with E-state index in [2.05, 4.69) is 0 Å². The van der Waals surface area contributed by atoms with Crippen LogP contribution in [0.4, 0.5) is 4.79 Å². The number of amides is 1. The van der Waals surface area contributed by atoms with Crippen LogP contribution in [0, 0.1) is 0 Å². The molecule has 2 aliphatic heterocycles. The van der Waals surface area contributed by atoms with Crippen molar-refractivity contribution in [2.24, 2.45) is 5.73 Å². The van der Waals surface area contributed by atoms with Crippen molar-refractivity contribution in [1.29, 1.82) is 0 Å². The summed E-state index contributed by atoms with van der Waals surface area (Å²) >= 11 is 0. The zero-order valence-electron chi connectivity index (χ0n) is 10.9. The summed E-state index contributed by atoms with van der Waals surface area (Å²) in [6, 6.07) is -0.0995. The Morgan fingerprint density at radius 3 is 2.76 bits per heavy atom. The molecule has 0 saturated carbocycles. The highest BCUT2D eigenvalue weighted by Gasteiger charge is 2.52. The van der Waals surface area contributed by atoms with Gasteiger partial charge >= 0.3 is 6.09 Å². The van der Waals surface area contributed by atoms with E-state index in [1.807, 2.05) is 20.8 Å². The number of nitrogens with two attached hydrogens (primary N) is 1. The number of rotatable bonds is 0. The first-order valence-electron chi connectivity index (χ1n) is 6.19. The molecule has 5 heteroatoms. The van der Waals surface area contributed by atoms with Crippen molar-refractivity contribution in [2.45, 2.75) is 50.8 Å². The van der Waals surface area contributed by atoms with Crippen molar-refractivity contribution in [3.8, 4) is 0 Å². The van der Waals surface area contributed by atoms with Crippen LogP contribution in [0.5, 0.6) is 0 Å². The number of carbonyl (C=O) groups is 1. The molecule has 1 spiro atoms. The monoisotopic (exact) mass is 242 g/mol. The van der Waals surface area contributed by atoms with E-state index in [1.54, 1.807) is 4.90 Å². The Kier molecular flexibility index (Phi) is 3.08. The minimum absolute atomic E-state index is 0.0995. The molecule has 0 aromatic rings. The second-order valence-corrected chi connectivity index (χ2v) is 5.96. The average molecular weight is 242 g/mol. The molecule has 2 aliphatic rings. The standard InChI is InChI=1S/C12H22N2O3/c1-11(2,3)17-10(15)14-6-4-5-12(14)8-16-7-9(12)13/h9H,4-8,13H2,1-3H3. The van der Waals surface area contributed by atoms with Gasteiger partial charge in [-0.15, -0.1) is 0 Å². The zero-order valence-corrected chi connectivity index (χ0v) is 10.9. The Hall–Kier alpha value is -0.810. The second kappa shape index (κ2) is 4.14. The molecule has 5 nitrogen and oxygen atoms in total. The van der Waals surface area contributed by atoms with E-state index in [-0.39, 0.29) is 17.7 Å². The third kappa shape index (κ3) is 2.26. The SMILES string of the molecule is CC(C)(C)OC(=O)N1CCCC12COCC2N. The van der Waals surface area contributed by atoms with E-state index in [4.69, 9.17) is 15.2 Å². The summed E-state index contributed by atoms with van der Waals surface area (Å²) in [5.74, 6) is 0. The van der Waals surface area contributed by atoms with Crippen molar-refractivity contribution in [1.82, 2.24) is 4.90 Å². The fourth-order valence-electron chi connectivity index (χ4n) is 2.65. The smallest absolute Gasteiger partial charge is 0.410 e. The highest BCUT2D eigenvalue weighted by molar-refractivity contribution is 5.70. The number of ether oxygens (including phenoxy) is 2. The van der Waals surface area contributed by atoms with Crippen LogP contribution in [0.1, 0.15) is 33.6 Å². The van der Waals surface area contributed by atoms with Crippen LogP contribution < -0.4 is 5.73 Å². The quantitative estimate of drug-likeness (QED) is 0.691. The Bertz CT molecular complexity index is 309. The highest BCUT2D eigenvalue weighted by Crippen LogP contribution is 2.36. The summed E-state index contributed by atoms with van der Waals surface area (Å²) in [6.45, 7) is 7.40. The summed E-state index contributed by atoms with van der Waals surface area (Å²) in [6.07, 6.45) is 1.61. The molecule has 2 fully saturated rings. The van der Waals surface area contributed by atoms with Crippen molar-refractivity contribution in [3.63, 3.8) is 0 Å². The first-order valence-corrected chi connectivity index (χ1v) is 6.19. The lowest BCUT2D eigenvalue weighted by Gasteiger charge is -2.37. The first-order chi connectivity index (χ1) is 7.85. The molecular formula is C12H22N2O3. The molecule has 0 radical (unpaired) electrons. The van der Waals surface area contributed by atoms with Crippen LogP contribution >= 0.6 is 0 Å². The van der Waals surface area contributed by atoms with Crippen LogP contribution in [0.15, 0.2) is 0 Å². The van der Waals surface area contributed by atoms with Gasteiger partial charge in [-0.05, 0) is 33.6 Å². The second-order valence-electron chi connectivity index (χ2n) is 5.96. The molecule has 2 rings (SSSR count). The van der Waals surface area contributed by atoms with E-state index >= 15 is 0 Å². The van der Waals surface area contributed by atoms with Crippen molar-refractivity contribution in [3.05, 3.63) is 0 Å². The summed E-state index contributed by atoms with van der Waals surface area (Å²) in [4.78, 5) is 13.9. The van der Waals surface area contributed by atoms with Gasteiger partial charge in [-0.3, -0.25) is 4.90 Å². The Labute approximate surface area is 102 Å². The summed E-state index contributed by atoms with van der Waals surface area (Å²) in [5.41, 5.74) is 5.29. The largest absolute Gasteiger partial charge is 0.444 e. The molecule has 2 saturated heterocycles. The molecule has 0 aliphatic carbocycles. The van der Waals surface area contributed by atoms with E-state index < -0.39 is 5.60 Å². The van der Waals surface area contributed by atoms with Gasteiger partial charge < -0.3 is 15.2 Å². The predicted octanol–water partition coefficient (Wildman–Crippen LogP) is 1.11. The van der Waals surface area contributed by atoms with Crippen LogP contribution in [-0.4, -0.2) is 47.9 Å². The number of hydrogen-bond acceptors (Lipinski definition) is 4. The van der Waals surface area contributed by atoms with Gasteiger partial charge in [0.1, 0.15) is 5.60 Å². The van der Waals surface area contributed by atoms with E-state index in [1.165, 1.54) is 0 Å². The van der Waals surface area contributed by atoms with E-state index in [0.717, 1.165) is 12.8 Å². The normalized spacial score (nSPS) is 33.4. The Morgan fingerprint density at radius 2 is 2.24 bits per heavy atom. The van der Waals surface area contributed by atoms with Gasteiger partial charge in [-0.2, -0.15) is 0 Å². The molecular weight excluding hydrogens is 220 g/mol. The number of likely N-dealkylation sites (tertiary alicyclic amines) is 1. The maximum absolute atomic E-state index is 12.2. The molecule has 2 heterocycles. The van der Waals surface area contributed by atoms with Crippen LogP contribution in [0.25, 0.3) is 0 Å². The van der Waals surface area contributed by atoms with Gasteiger partial charge in [-0.1, -0.05) is 0 Å². The fraction of sp³-hybridized carbons (Fsp3) is 0.917. The van der Waals surface area contributed by atoms with Crippen LogP contribution in [0.2, 0.25) is 0 Å². The van der Waals surface area contributed by atoms with Crippen molar-refractivity contribution in [2.75, 3.05) is 19.8 Å². The zero-order chi connectivity index (χ0) is 12.7. The first kappa shape index (κ1) is 12.6. The molecule has 0 aromatic carbocycles. The lowest BCUT2D eigenvalue weighted by atomic mass is 9.91. The Balaban J connectivity index is 2.12. The third-order valence-corrected chi connectivity index (χ3v) is 3.48. The van der Waals surface area contributed by atoms with Gasteiger partial charge in [0.05, 0.1) is 24.8 Å². The molecule has 2 atom stereocenters. The molecule has 1 amide bonds. The summed E-state index contributed by atoms with van der Waals surface area (Å²) < 4.78 is 10.9. The van der Waals surface area contributed by atoms with Gasteiger partial charge in [0.2, 0.25) is 0 Å². The molecule has 0 aromatic heterocycles. The molecule has 98 valence electrons. The van der Waals surface area contributed by atoms with Gasteiger partial charge in [0.15, 0.2) is 0 Å². The van der Waals surface area contributed by atoms with E-state index in [0.29, 0.717) is 19.8 Å². The lowest BCUT2D eigenvalue weighted by molar-refractivity contribution is 0.00388. The predicted molar refractivity (Wildman–Crippen MR) is 63.7 cm³/mol. The topological polar surface area (TPSA) is 64.8 Å². The van der Waals surface area contributed by atoms with Gasteiger partial charge in [0, 0.05) is 6.54 Å².